The summed E-state index contributed by atoms with van der Waals surface area (Å²) in [6.07, 6.45) is -2.51. The van der Waals surface area contributed by atoms with Crippen molar-refractivity contribution < 1.29 is 17.9 Å². The van der Waals surface area contributed by atoms with Gasteiger partial charge >= 0.3 is 6.18 Å². The summed E-state index contributed by atoms with van der Waals surface area (Å²) in [6, 6.07) is 3.77. The van der Waals surface area contributed by atoms with Crippen molar-refractivity contribution in [3.05, 3.63) is 29.3 Å². The fraction of sp³-hybridized carbons (Fsp3) is 0.500. The quantitative estimate of drug-likeness (QED) is 0.819. The first kappa shape index (κ1) is 16.0. The third-order valence-corrected chi connectivity index (χ3v) is 3.72. The minimum Gasteiger partial charge on any atom is -0.389 e. The molecule has 0 aliphatic carbocycles. The molecule has 1 heterocycles. The van der Waals surface area contributed by atoms with Crippen LogP contribution in [-0.2, 0) is 10.9 Å². The second-order valence-corrected chi connectivity index (χ2v) is 5.51. The predicted octanol–water partition coefficient (Wildman–Crippen LogP) is 3.18. The molecule has 0 saturated carbocycles. The average molecular weight is 318 g/mol. The number of anilines is 1. The van der Waals surface area contributed by atoms with Crippen molar-refractivity contribution in [2.75, 3.05) is 25.1 Å². The fourth-order valence-electron chi connectivity index (χ4n) is 2.34. The highest BCUT2D eigenvalue weighted by atomic mass is 32.1. The van der Waals surface area contributed by atoms with Gasteiger partial charge in [-0.1, -0.05) is 12.2 Å². The van der Waals surface area contributed by atoms with E-state index >= 15 is 0 Å². The molecule has 0 aromatic heterocycles. The largest absolute Gasteiger partial charge is 0.417 e. The normalized spacial score (nSPS) is 18.7. The van der Waals surface area contributed by atoms with Crippen LogP contribution in [-0.4, -0.2) is 24.7 Å². The lowest BCUT2D eigenvalue weighted by molar-refractivity contribution is -0.137. The standard InChI is InChI=1S/C14H17F3N2OS/c15-14(16,17)12-2-1-10(7-11(12)13(18)21)19-5-3-9-4-6-20-8-9/h1-2,7,9,19H,3-6,8H2,(H2,18,21). The van der Waals surface area contributed by atoms with E-state index in [0.717, 1.165) is 32.1 Å². The molecule has 21 heavy (non-hydrogen) atoms. The first-order chi connectivity index (χ1) is 9.88. The Morgan fingerprint density at radius 3 is 2.76 bits per heavy atom. The Morgan fingerprint density at radius 2 is 2.19 bits per heavy atom. The summed E-state index contributed by atoms with van der Waals surface area (Å²) in [5.41, 5.74) is 5.04. The van der Waals surface area contributed by atoms with Crippen LogP contribution in [0.15, 0.2) is 18.2 Å². The Bertz CT molecular complexity index is 513. The van der Waals surface area contributed by atoms with E-state index in [4.69, 9.17) is 22.7 Å². The average Bonchev–Trinajstić information content (AvgIpc) is 2.90. The van der Waals surface area contributed by atoms with Crippen LogP contribution in [0.4, 0.5) is 18.9 Å². The molecule has 0 amide bonds. The summed E-state index contributed by atoms with van der Waals surface area (Å²) in [7, 11) is 0. The van der Waals surface area contributed by atoms with Crippen molar-refractivity contribution in [2.45, 2.75) is 19.0 Å². The van der Waals surface area contributed by atoms with Crippen LogP contribution in [0.3, 0.4) is 0 Å². The second-order valence-electron chi connectivity index (χ2n) is 5.07. The molecular formula is C14H17F3N2OS. The van der Waals surface area contributed by atoms with E-state index in [1.54, 1.807) is 0 Å². The van der Waals surface area contributed by atoms with Gasteiger partial charge < -0.3 is 15.8 Å². The molecule has 0 bridgehead atoms. The van der Waals surface area contributed by atoms with Gasteiger partial charge in [0.15, 0.2) is 0 Å². The fourth-order valence-corrected chi connectivity index (χ4v) is 2.51. The molecule has 1 aromatic rings. The molecule has 1 aromatic carbocycles. The van der Waals surface area contributed by atoms with E-state index in [2.05, 4.69) is 5.32 Å². The van der Waals surface area contributed by atoms with E-state index in [1.807, 2.05) is 0 Å². The summed E-state index contributed by atoms with van der Waals surface area (Å²) >= 11 is 4.71. The topological polar surface area (TPSA) is 47.3 Å². The SMILES string of the molecule is NC(=S)c1cc(NCCC2CCOC2)ccc1C(F)(F)F. The zero-order valence-electron chi connectivity index (χ0n) is 11.4. The highest BCUT2D eigenvalue weighted by molar-refractivity contribution is 7.80. The number of halogens is 3. The number of rotatable bonds is 5. The van der Waals surface area contributed by atoms with Crippen molar-refractivity contribution >= 4 is 22.9 Å². The van der Waals surface area contributed by atoms with Gasteiger partial charge in [-0.25, -0.2) is 0 Å². The van der Waals surface area contributed by atoms with Crippen molar-refractivity contribution in [3.63, 3.8) is 0 Å². The number of nitrogens with two attached hydrogens (primary N) is 1. The van der Waals surface area contributed by atoms with Crippen LogP contribution >= 0.6 is 12.2 Å². The van der Waals surface area contributed by atoms with Gasteiger partial charge in [-0.05, 0) is 37.0 Å². The Balaban J connectivity index is 2.03. The molecule has 1 fully saturated rings. The second kappa shape index (κ2) is 6.62. The van der Waals surface area contributed by atoms with Gasteiger partial charge in [-0.3, -0.25) is 0 Å². The maximum absolute atomic E-state index is 12.8. The van der Waals surface area contributed by atoms with Crippen LogP contribution in [0.25, 0.3) is 0 Å². The molecule has 1 unspecified atom stereocenters. The molecule has 0 radical (unpaired) electrons. The zero-order chi connectivity index (χ0) is 15.5. The number of ether oxygens (including phenoxy) is 1. The molecule has 3 N–H and O–H groups in total. The minimum atomic E-state index is -4.46. The molecule has 7 heteroatoms. The van der Waals surface area contributed by atoms with E-state index in [1.165, 1.54) is 12.1 Å². The Hall–Kier alpha value is -1.34. The lowest BCUT2D eigenvalue weighted by Crippen LogP contribution is -2.18. The van der Waals surface area contributed by atoms with Crippen molar-refractivity contribution in [1.29, 1.82) is 0 Å². The predicted molar refractivity (Wildman–Crippen MR) is 79.4 cm³/mol. The van der Waals surface area contributed by atoms with E-state index in [0.29, 0.717) is 18.2 Å². The molecular weight excluding hydrogens is 301 g/mol. The summed E-state index contributed by atoms with van der Waals surface area (Å²) in [4.78, 5) is -0.254. The van der Waals surface area contributed by atoms with Gasteiger partial charge in [-0.15, -0.1) is 0 Å². The molecule has 2 rings (SSSR count). The Labute approximate surface area is 126 Å². The Morgan fingerprint density at radius 1 is 1.43 bits per heavy atom. The maximum atomic E-state index is 12.8. The van der Waals surface area contributed by atoms with Gasteiger partial charge in [0.2, 0.25) is 0 Å². The number of nitrogens with one attached hydrogen (secondary N) is 1. The number of hydrogen-bond donors (Lipinski definition) is 2. The first-order valence-electron chi connectivity index (χ1n) is 6.70. The summed E-state index contributed by atoms with van der Waals surface area (Å²) in [5.74, 6) is 0.516. The Kier molecular flexibility index (Phi) is 5.05. The number of hydrogen-bond acceptors (Lipinski definition) is 3. The highest BCUT2D eigenvalue weighted by Crippen LogP contribution is 2.33. The third kappa shape index (κ3) is 4.31. The first-order valence-corrected chi connectivity index (χ1v) is 7.11. The van der Waals surface area contributed by atoms with E-state index in [9.17, 15) is 13.2 Å². The lowest BCUT2D eigenvalue weighted by atomic mass is 10.0. The van der Waals surface area contributed by atoms with E-state index < -0.39 is 11.7 Å². The lowest BCUT2D eigenvalue weighted by Gasteiger charge is -2.15. The van der Waals surface area contributed by atoms with Gasteiger partial charge in [0.05, 0.1) is 5.56 Å². The van der Waals surface area contributed by atoms with Gasteiger partial charge in [0.25, 0.3) is 0 Å². The minimum absolute atomic E-state index is 0.147. The molecule has 116 valence electrons. The van der Waals surface area contributed by atoms with Gasteiger partial charge in [-0.2, -0.15) is 13.2 Å². The maximum Gasteiger partial charge on any atom is 0.417 e. The van der Waals surface area contributed by atoms with E-state index in [-0.39, 0.29) is 10.6 Å². The molecule has 0 spiro atoms. The van der Waals surface area contributed by atoms with Crippen LogP contribution in [0, 0.1) is 5.92 Å². The van der Waals surface area contributed by atoms with Crippen molar-refractivity contribution in [3.8, 4) is 0 Å². The van der Waals surface area contributed by atoms with Gasteiger partial charge in [0.1, 0.15) is 4.99 Å². The zero-order valence-corrected chi connectivity index (χ0v) is 12.2. The van der Waals surface area contributed by atoms with Crippen LogP contribution < -0.4 is 11.1 Å². The monoisotopic (exact) mass is 318 g/mol. The molecule has 1 aliphatic heterocycles. The molecule has 3 nitrogen and oxygen atoms in total. The number of alkyl halides is 3. The molecule has 1 aliphatic rings. The summed E-state index contributed by atoms with van der Waals surface area (Å²) < 4.78 is 43.8. The third-order valence-electron chi connectivity index (χ3n) is 3.50. The van der Waals surface area contributed by atoms with Gasteiger partial charge in [0, 0.05) is 31.0 Å². The van der Waals surface area contributed by atoms with Crippen LogP contribution in [0.1, 0.15) is 24.0 Å². The summed E-state index contributed by atoms with van der Waals surface area (Å²) in [6.45, 7) is 2.22. The number of thiocarbonyl (C=S) groups is 1. The summed E-state index contributed by atoms with van der Waals surface area (Å²) in [5, 5.41) is 3.11. The van der Waals surface area contributed by atoms with Crippen LogP contribution in [0.2, 0.25) is 0 Å². The molecule has 1 saturated heterocycles. The van der Waals surface area contributed by atoms with Crippen molar-refractivity contribution in [1.82, 2.24) is 0 Å². The molecule has 1 atom stereocenters. The van der Waals surface area contributed by atoms with Crippen molar-refractivity contribution in [2.24, 2.45) is 11.7 Å². The smallest absolute Gasteiger partial charge is 0.389 e. The number of benzene rings is 1. The van der Waals surface area contributed by atoms with Crippen LogP contribution in [0.5, 0.6) is 0 Å². The highest BCUT2D eigenvalue weighted by Gasteiger charge is 2.34.